The molecule has 0 heterocycles. The number of hydrogen-bond donors (Lipinski definition) is 2. The first-order valence-corrected chi connectivity index (χ1v) is 7.98. The molecule has 124 valence electrons. The largest absolute Gasteiger partial charge is 0.350 e. The van der Waals surface area contributed by atoms with Gasteiger partial charge in [0.25, 0.3) is 5.91 Å². The lowest BCUT2D eigenvalue weighted by Gasteiger charge is -2.12. The zero-order chi connectivity index (χ0) is 17.5. The Balaban J connectivity index is 2.28. The standard InChI is InChI=1S/C19H19ClN2O2/c1-13(2)21-18(23)12-17(14-8-10-16(20)11-9-14)22-19(24)15-6-4-3-5-7-15/h3-13H,1-2H3,(H,21,23)(H,22,24). The second-order valence-corrected chi connectivity index (χ2v) is 5.98. The molecule has 0 radical (unpaired) electrons. The summed E-state index contributed by atoms with van der Waals surface area (Å²) in [5.41, 5.74) is 1.63. The van der Waals surface area contributed by atoms with Crippen LogP contribution in [0.25, 0.3) is 5.70 Å². The second kappa shape index (κ2) is 8.31. The van der Waals surface area contributed by atoms with Gasteiger partial charge in [0, 0.05) is 22.7 Å². The molecule has 0 spiro atoms. The first-order valence-electron chi connectivity index (χ1n) is 7.60. The van der Waals surface area contributed by atoms with Crippen LogP contribution in [0.1, 0.15) is 29.8 Å². The van der Waals surface area contributed by atoms with Gasteiger partial charge in [-0.05, 0) is 43.7 Å². The summed E-state index contributed by atoms with van der Waals surface area (Å²) in [6.07, 6.45) is 1.38. The van der Waals surface area contributed by atoms with Crippen LogP contribution in [0.2, 0.25) is 5.02 Å². The van der Waals surface area contributed by atoms with Crippen molar-refractivity contribution in [2.75, 3.05) is 0 Å². The molecule has 4 nitrogen and oxygen atoms in total. The van der Waals surface area contributed by atoms with E-state index in [1.165, 1.54) is 6.08 Å². The van der Waals surface area contributed by atoms with Gasteiger partial charge < -0.3 is 10.6 Å². The topological polar surface area (TPSA) is 58.2 Å². The molecule has 0 aromatic heterocycles. The van der Waals surface area contributed by atoms with Gasteiger partial charge in [0.15, 0.2) is 0 Å². The van der Waals surface area contributed by atoms with Crippen molar-refractivity contribution < 1.29 is 9.59 Å². The first kappa shape index (κ1) is 17.8. The van der Waals surface area contributed by atoms with Gasteiger partial charge in [-0.15, -0.1) is 0 Å². The minimum absolute atomic E-state index is 0.00467. The number of carbonyl (C=O) groups is 2. The van der Waals surface area contributed by atoms with Gasteiger partial charge >= 0.3 is 0 Å². The molecule has 24 heavy (non-hydrogen) atoms. The fraction of sp³-hybridized carbons (Fsp3) is 0.158. The summed E-state index contributed by atoms with van der Waals surface area (Å²) in [6.45, 7) is 3.74. The van der Waals surface area contributed by atoms with Crippen LogP contribution in [-0.4, -0.2) is 17.9 Å². The molecule has 2 rings (SSSR count). The summed E-state index contributed by atoms with van der Waals surface area (Å²) in [4.78, 5) is 24.4. The van der Waals surface area contributed by atoms with Crippen molar-refractivity contribution >= 4 is 29.1 Å². The van der Waals surface area contributed by atoms with Gasteiger partial charge in [-0.25, -0.2) is 0 Å². The molecule has 0 fully saturated rings. The second-order valence-electron chi connectivity index (χ2n) is 5.55. The predicted octanol–water partition coefficient (Wildman–Crippen LogP) is 3.64. The van der Waals surface area contributed by atoms with Crippen molar-refractivity contribution in [2.45, 2.75) is 19.9 Å². The van der Waals surface area contributed by atoms with Crippen LogP contribution < -0.4 is 10.6 Å². The molecular weight excluding hydrogens is 324 g/mol. The highest BCUT2D eigenvalue weighted by Crippen LogP contribution is 2.16. The number of rotatable bonds is 5. The maximum Gasteiger partial charge on any atom is 0.255 e. The summed E-state index contributed by atoms with van der Waals surface area (Å²) < 4.78 is 0. The van der Waals surface area contributed by atoms with Crippen LogP contribution in [0.4, 0.5) is 0 Å². The summed E-state index contributed by atoms with van der Waals surface area (Å²) in [6, 6.07) is 15.8. The maximum atomic E-state index is 12.4. The number of nitrogens with one attached hydrogen (secondary N) is 2. The Morgan fingerprint density at radius 1 is 0.958 bits per heavy atom. The Hall–Kier alpha value is -2.59. The molecule has 0 saturated heterocycles. The molecule has 0 bridgehead atoms. The molecule has 0 atom stereocenters. The average molecular weight is 343 g/mol. The highest BCUT2D eigenvalue weighted by molar-refractivity contribution is 6.30. The smallest absolute Gasteiger partial charge is 0.255 e. The fourth-order valence-corrected chi connectivity index (χ4v) is 2.19. The van der Waals surface area contributed by atoms with E-state index in [-0.39, 0.29) is 17.9 Å². The van der Waals surface area contributed by atoms with Crippen LogP contribution >= 0.6 is 11.6 Å². The average Bonchev–Trinajstić information content (AvgIpc) is 2.55. The molecule has 2 N–H and O–H groups in total. The van der Waals surface area contributed by atoms with Gasteiger partial charge in [-0.3, -0.25) is 9.59 Å². The quantitative estimate of drug-likeness (QED) is 0.815. The first-order chi connectivity index (χ1) is 11.5. The lowest BCUT2D eigenvalue weighted by Crippen LogP contribution is -2.30. The van der Waals surface area contributed by atoms with Crippen molar-refractivity contribution in [1.29, 1.82) is 0 Å². The molecule has 0 aliphatic heterocycles. The molecule has 2 aromatic carbocycles. The molecule has 0 aliphatic carbocycles. The summed E-state index contributed by atoms with van der Waals surface area (Å²) in [7, 11) is 0. The Kier molecular flexibility index (Phi) is 6.15. The van der Waals surface area contributed by atoms with Crippen molar-refractivity contribution in [3.63, 3.8) is 0 Å². The van der Waals surface area contributed by atoms with E-state index in [2.05, 4.69) is 10.6 Å². The minimum atomic E-state index is -0.283. The highest BCUT2D eigenvalue weighted by Gasteiger charge is 2.11. The zero-order valence-electron chi connectivity index (χ0n) is 13.5. The van der Waals surface area contributed by atoms with E-state index in [9.17, 15) is 9.59 Å². The molecule has 2 amide bonds. The van der Waals surface area contributed by atoms with Crippen LogP contribution in [-0.2, 0) is 4.79 Å². The number of benzene rings is 2. The van der Waals surface area contributed by atoms with E-state index in [4.69, 9.17) is 11.6 Å². The van der Waals surface area contributed by atoms with Crippen LogP contribution in [0.3, 0.4) is 0 Å². The SMILES string of the molecule is CC(C)NC(=O)C=C(NC(=O)c1ccccc1)c1ccc(Cl)cc1. The lowest BCUT2D eigenvalue weighted by molar-refractivity contribution is -0.116. The normalized spacial score (nSPS) is 11.2. The number of amides is 2. The number of carbonyl (C=O) groups excluding carboxylic acids is 2. The van der Waals surface area contributed by atoms with E-state index < -0.39 is 0 Å². The Bertz CT molecular complexity index is 738. The minimum Gasteiger partial charge on any atom is -0.350 e. The Morgan fingerprint density at radius 3 is 2.17 bits per heavy atom. The van der Waals surface area contributed by atoms with E-state index >= 15 is 0 Å². The molecule has 0 aliphatic rings. The van der Waals surface area contributed by atoms with E-state index in [0.29, 0.717) is 21.8 Å². The summed E-state index contributed by atoms with van der Waals surface area (Å²) in [5.74, 6) is -0.558. The Labute approximate surface area is 146 Å². The van der Waals surface area contributed by atoms with Crippen molar-refractivity contribution in [1.82, 2.24) is 10.6 Å². The number of hydrogen-bond acceptors (Lipinski definition) is 2. The highest BCUT2D eigenvalue weighted by atomic mass is 35.5. The van der Waals surface area contributed by atoms with Crippen LogP contribution in [0, 0.1) is 0 Å². The van der Waals surface area contributed by atoms with E-state index in [1.54, 1.807) is 48.5 Å². The molecule has 2 aromatic rings. The van der Waals surface area contributed by atoms with Gasteiger partial charge in [-0.1, -0.05) is 41.9 Å². The van der Waals surface area contributed by atoms with Gasteiger partial charge in [-0.2, -0.15) is 0 Å². The summed E-state index contributed by atoms with van der Waals surface area (Å²) in [5, 5.41) is 6.15. The van der Waals surface area contributed by atoms with Crippen molar-refractivity contribution in [3.05, 3.63) is 76.8 Å². The van der Waals surface area contributed by atoms with E-state index in [0.717, 1.165) is 0 Å². The third kappa shape index (κ3) is 5.25. The van der Waals surface area contributed by atoms with Crippen molar-refractivity contribution in [2.24, 2.45) is 0 Å². The Morgan fingerprint density at radius 2 is 1.58 bits per heavy atom. The molecule has 0 unspecified atom stereocenters. The lowest BCUT2D eigenvalue weighted by atomic mass is 10.1. The van der Waals surface area contributed by atoms with Gasteiger partial charge in [0.05, 0.1) is 5.70 Å². The third-order valence-electron chi connectivity index (χ3n) is 3.15. The zero-order valence-corrected chi connectivity index (χ0v) is 14.3. The molecule has 0 saturated carbocycles. The molecule has 5 heteroatoms. The van der Waals surface area contributed by atoms with E-state index in [1.807, 2.05) is 19.9 Å². The molecular formula is C19H19ClN2O2. The van der Waals surface area contributed by atoms with Crippen LogP contribution in [0.5, 0.6) is 0 Å². The van der Waals surface area contributed by atoms with Gasteiger partial charge in [0.2, 0.25) is 5.91 Å². The summed E-state index contributed by atoms with van der Waals surface area (Å²) >= 11 is 5.91. The maximum absolute atomic E-state index is 12.4. The number of halogens is 1. The van der Waals surface area contributed by atoms with Crippen LogP contribution in [0.15, 0.2) is 60.7 Å². The fourth-order valence-electron chi connectivity index (χ4n) is 2.06. The van der Waals surface area contributed by atoms with Crippen molar-refractivity contribution in [3.8, 4) is 0 Å². The van der Waals surface area contributed by atoms with Gasteiger partial charge in [0.1, 0.15) is 0 Å². The third-order valence-corrected chi connectivity index (χ3v) is 3.40. The predicted molar refractivity (Wildman–Crippen MR) is 96.6 cm³/mol. The monoisotopic (exact) mass is 342 g/mol.